The summed E-state index contributed by atoms with van der Waals surface area (Å²) in [7, 11) is 0. The number of hydrogen-bond donors (Lipinski definition) is 5. The summed E-state index contributed by atoms with van der Waals surface area (Å²) in [6.45, 7) is 7.26. The van der Waals surface area contributed by atoms with Crippen molar-refractivity contribution >= 4 is 29.7 Å². The predicted molar refractivity (Wildman–Crippen MR) is 115 cm³/mol. The number of nitrogens with one attached hydrogen (secondary N) is 2. The molecule has 5 atom stereocenters. The van der Waals surface area contributed by atoms with Crippen LogP contribution in [0.15, 0.2) is 0 Å². The van der Waals surface area contributed by atoms with Crippen LogP contribution in [0.4, 0.5) is 0 Å². The first kappa shape index (κ1) is 27.3. The number of carboxylic acid groups (broad SMARTS) is 2. The summed E-state index contributed by atoms with van der Waals surface area (Å²) in [5.74, 6) is -4.51. The molecule has 0 aliphatic carbocycles. The number of amides is 3. The van der Waals surface area contributed by atoms with Gasteiger partial charge in [-0.3, -0.25) is 19.2 Å². The molecule has 182 valence electrons. The fourth-order valence-corrected chi connectivity index (χ4v) is 3.53. The molecule has 1 saturated heterocycles. The molecule has 0 aromatic carbocycles. The van der Waals surface area contributed by atoms with Crippen molar-refractivity contribution in [1.29, 1.82) is 0 Å². The van der Waals surface area contributed by atoms with Crippen LogP contribution < -0.4 is 16.4 Å². The molecular weight excluding hydrogens is 420 g/mol. The molecule has 1 fully saturated rings. The van der Waals surface area contributed by atoms with Crippen molar-refractivity contribution in [3.05, 3.63) is 0 Å². The predicted octanol–water partition coefficient (Wildman–Crippen LogP) is -0.0742. The summed E-state index contributed by atoms with van der Waals surface area (Å²) < 4.78 is 0. The Bertz CT molecular complexity index is 712. The number of nitrogens with zero attached hydrogens (tertiary/aromatic N) is 1. The Morgan fingerprint density at radius 3 is 2.22 bits per heavy atom. The van der Waals surface area contributed by atoms with Crippen LogP contribution in [0.2, 0.25) is 0 Å². The van der Waals surface area contributed by atoms with Crippen molar-refractivity contribution in [1.82, 2.24) is 15.5 Å². The molecule has 1 aliphatic rings. The zero-order chi connectivity index (χ0) is 24.6. The first-order valence-corrected chi connectivity index (χ1v) is 11.0. The van der Waals surface area contributed by atoms with Crippen LogP contribution in [0.1, 0.15) is 59.8 Å². The molecule has 1 rings (SSSR count). The van der Waals surface area contributed by atoms with E-state index in [9.17, 15) is 29.1 Å². The third-order valence-electron chi connectivity index (χ3n) is 5.90. The van der Waals surface area contributed by atoms with Gasteiger partial charge in [0, 0.05) is 13.0 Å². The van der Waals surface area contributed by atoms with E-state index in [1.807, 2.05) is 6.92 Å². The van der Waals surface area contributed by atoms with Crippen molar-refractivity contribution in [2.24, 2.45) is 17.6 Å². The number of carboxylic acids is 2. The van der Waals surface area contributed by atoms with Gasteiger partial charge in [-0.15, -0.1) is 0 Å². The molecule has 11 heteroatoms. The minimum atomic E-state index is -1.15. The second-order valence-electron chi connectivity index (χ2n) is 8.66. The number of likely N-dealkylation sites (tertiary alicyclic amines) is 1. The molecule has 6 N–H and O–H groups in total. The highest BCUT2D eigenvalue weighted by Gasteiger charge is 2.39. The van der Waals surface area contributed by atoms with Crippen molar-refractivity contribution in [2.45, 2.75) is 84.0 Å². The van der Waals surface area contributed by atoms with E-state index in [2.05, 4.69) is 10.6 Å². The van der Waals surface area contributed by atoms with Crippen LogP contribution in [-0.4, -0.2) is 75.5 Å². The van der Waals surface area contributed by atoms with Gasteiger partial charge in [0.05, 0.1) is 6.04 Å². The first-order chi connectivity index (χ1) is 14.9. The number of carbonyl (C=O) groups excluding carboxylic acids is 3. The van der Waals surface area contributed by atoms with Crippen molar-refractivity contribution in [3.63, 3.8) is 0 Å². The topological polar surface area (TPSA) is 179 Å². The number of aliphatic carboxylic acids is 2. The van der Waals surface area contributed by atoms with Crippen molar-refractivity contribution < 1.29 is 34.2 Å². The lowest BCUT2D eigenvalue weighted by Crippen LogP contribution is -2.57. The SMILES string of the molecule is CC[C@H](C)[C@H](NC(=O)[C@@H]1CCCN1C(=O)[C@H](CCC(=O)O)NC(=O)[C@@H](N)C(C)C)C(=O)O. The van der Waals surface area contributed by atoms with E-state index in [1.165, 1.54) is 4.90 Å². The van der Waals surface area contributed by atoms with Crippen molar-refractivity contribution in [3.8, 4) is 0 Å². The number of nitrogens with two attached hydrogens (primary N) is 1. The van der Waals surface area contributed by atoms with E-state index in [0.29, 0.717) is 19.3 Å². The molecule has 1 aliphatic heterocycles. The summed E-state index contributed by atoms with van der Waals surface area (Å²) >= 11 is 0. The van der Waals surface area contributed by atoms with Crippen LogP contribution in [-0.2, 0) is 24.0 Å². The lowest BCUT2D eigenvalue weighted by atomic mass is 9.98. The molecule has 3 amide bonds. The summed E-state index contributed by atoms with van der Waals surface area (Å²) in [4.78, 5) is 62.3. The van der Waals surface area contributed by atoms with Crippen LogP contribution in [0.3, 0.4) is 0 Å². The number of carbonyl (C=O) groups is 5. The Morgan fingerprint density at radius 2 is 1.72 bits per heavy atom. The molecule has 0 aromatic heterocycles. The summed E-state index contributed by atoms with van der Waals surface area (Å²) in [6, 6.07) is -4.01. The van der Waals surface area contributed by atoms with E-state index in [1.54, 1.807) is 20.8 Å². The van der Waals surface area contributed by atoms with Gasteiger partial charge in [-0.2, -0.15) is 0 Å². The molecule has 0 radical (unpaired) electrons. The van der Waals surface area contributed by atoms with Gasteiger partial charge in [-0.25, -0.2) is 4.79 Å². The largest absolute Gasteiger partial charge is 0.481 e. The lowest BCUT2D eigenvalue weighted by Gasteiger charge is -2.30. The Morgan fingerprint density at radius 1 is 1.09 bits per heavy atom. The fourth-order valence-electron chi connectivity index (χ4n) is 3.53. The molecular formula is C21H36N4O7. The molecule has 0 spiro atoms. The lowest BCUT2D eigenvalue weighted by molar-refractivity contribution is -0.146. The van der Waals surface area contributed by atoms with Gasteiger partial charge in [0.2, 0.25) is 17.7 Å². The molecule has 32 heavy (non-hydrogen) atoms. The van der Waals surface area contributed by atoms with Crippen LogP contribution in [0.5, 0.6) is 0 Å². The molecule has 0 aromatic rings. The first-order valence-electron chi connectivity index (χ1n) is 11.0. The second kappa shape index (κ2) is 12.4. The third kappa shape index (κ3) is 7.47. The van der Waals surface area contributed by atoms with E-state index in [4.69, 9.17) is 10.8 Å². The maximum absolute atomic E-state index is 13.2. The van der Waals surface area contributed by atoms with Gasteiger partial charge in [-0.05, 0) is 31.1 Å². The molecule has 11 nitrogen and oxygen atoms in total. The molecule has 0 bridgehead atoms. The maximum Gasteiger partial charge on any atom is 0.326 e. The quantitative estimate of drug-likeness (QED) is 0.270. The normalized spacial score (nSPS) is 19.7. The number of rotatable bonds is 12. The van der Waals surface area contributed by atoms with Gasteiger partial charge >= 0.3 is 11.9 Å². The Kier molecular flexibility index (Phi) is 10.6. The fraction of sp³-hybridized carbons (Fsp3) is 0.762. The van der Waals surface area contributed by atoms with E-state index >= 15 is 0 Å². The minimum Gasteiger partial charge on any atom is -0.481 e. The minimum absolute atomic E-state index is 0.153. The average Bonchev–Trinajstić information content (AvgIpc) is 3.22. The summed E-state index contributed by atoms with van der Waals surface area (Å²) in [5, 5.41) is 23.5. The maximum atomic E-state index is 13.2. The monoisotopic (exact) mass is 456 g/mol. The van der Waals surface area contributed by atoms with E-state index < -0.39 is 53.8 Å². The number of hydrogen-bond acceptors (Lipinski definition) is 6. The van der Waals surface area contributed by atoms with Crippen LogP contribution >= 0.6 is 0 Å². The molecule has 0 saturated carbocycles. The van der Waals surface area contributed by atoms with E-state index in [-0.39, 0.29) is 31.2 Å². The molecule has 0 unspecified atom stereocenters. The zero-order valence-corrected chi connectivity index (χ0v) is 19.2. The second-order valence-corrected chi connectivity index (χ2v) is 8.66. The van der Waals surface area contributed by atoms with Gasteiger partial charge in [0.1, 0.15) is 18.1 Å². The van der Waals surface area contributed by atoms with Gasteiger partial charge in [0.25, 0.3) is 0 Å². The highest BCUT2D eigenvalue weighted by atomic mass is 16.4. The van der Waals surface area contributed by atoms with Crippen LogP contribution in [0.25, 0.3) is 0 Å². The smallest absolute Gasteiger partial charge is 0.326 e. The highest BCUT2D eigenvalue weighted by molar-refractivity contribution is 5.94. The van der Waals surface area contributed by atoms with Gasteiger partial charge < -0.3 is 31.5 Å². The molecule has 1 heterocycles. The summed E-state index contributed by atoms with van der Waals surface area (Å²) in [6.07, 6.45) is 0.906. The summed E-state index contributed by atoms with van der Waals surface area (Å²) in [5.41, 5.74) is 5.85. The zero-order valence-electron chi connectivity index (χ0n) is 19.2. The Labute approximate surface area is 188 Å². The Balaban J connectivity index is 3.01. The highest BCUT2D eigenvalue weighted by Crippen LogP contribution is 2.21. The van der Waals surface area contributed by atoms with Crippen LogP contribution in [0, 0.1) is 11.8 Å². The van der Waals surface area contributed by atoms with Gasteiger partial charge in [0.15, 0.2) is 0 Å². The average molecular weight is 457 g/mol. The van der Waals surface area contributed by atoms with Crippen molar-refractivity contribution in [2.75, 3.05) is 6.54 Å². The van der Waals surface area contributed by atoms with Gasteiger partial charge in [-0.1, -0.05) is 34.1 Å². The van der Waals surface area contributed by atoms with E-state index in [0.717, 1.165) is 0 Å². The standard InChI is InChI=1S/C21H36N4O7/c1-5-12(4)17(21(31)32)24-18(28)14-7-6-10-25(14)20(30)13(8-9-15(26)27)23-19(29)16(22)11(2)3/h11-14,16-17H,5-10,22H2,1-4H3,(H,23,29)(H,24,28)(H,26,27)(H,31,32)/t12-,13-,14-,16-,17-/m0/s1. The third-order valence-corrected chi connectivity index (χ3v) is 5.90. The Hall–Kier alpha value is -2.69.